The van der Waals surface area contributed by atoms with Gasteiger partial charge >= 0.3 is 0 Å². The lowest BCUT2D eigenvalue weighted by atomic mass is 10.0. The van der Waals surface area contributed by atoms with Crippen LogP contribution in [0.4, 0.5) is 0 Å². The Kier molecular flexibility index (Phi) is 6.10. The highest BCUT2D eigenvalue weighted by Crippen LogP contribution is 2.32. The summed E-state index contributed by atoms with van der Waals surface area (Å²) in [6.45, 7) is 0.741. The van der Waals surface area contributed by atoms with E-state index in [0.717, 1.165) is 74.9 Å². The van der Waals surface area contributed by atoms with Gasteiger partial charge < -0.3 is 9.47 Å². The van der Waals surface area contributed by atoms with Gasteiger partial charge in [-0.3, -0.25) is 4.79 Å². The molecule has 0 N–H and O–H groups in total. The molecule has 0 amide bonds. The van der Waals surface area contributed by atoms with Crippen molar-refractivity contribution in [3.8, 4) is 11.5 Å². The number of rotatable bonds is 9. The SMILES string of the molecule is COc1cccc(CCCCCOc2ccc(C=O)c3c2CCC3)c1. The molecule has 3 heteroatoms. The molecule has 1 aliphatic carbocycles. The predicted octanol–water partition coefficient (Wildman–Crippen LogP) is 4.79. The maximum Gasteiger partial charge on any atom is 0.150 e. The first-order valence-corrected chi connectivity index (χ1v) is 9.17. The van der Waals surface area contributed by atoms with Gasteiger partial charge in [0, 0.05) is 5.56 Å². The van der Waals surface area contributed by atoms with Gasteiger partial charge in [0.1, 0.15) is 17.8 Å². The van der Waals surface area contributed by atoms with Gasteiger partial charge in [0.2, 0.25) is 0 Å². The standard InChI is InChI=1S/C22H26O3/c1-24-19-9-5-8-17(15-19)7-3-2-4-14-25-22-13-12-18(16-23)20-10-6-11-21(20)22/h5,8-9,12-13,15-16H,2-4,6-7,10-11,14H2,1H3. The summed E-state index contributed by atoms with van der Waals surface area (Å²) in [6.07, 6.45) is 8.53. The summed E-state index contributed by atoms with van der Waals surface area (Å²) in [7, 11) is 1.70. The largest absolute Gasteiger partial charge is 0.497 e. The van der Waals surface area contributed by atoms with Gasteiger partial charge in [0.05, 0.1) is 13.7 Å². The minimum absolute atomic E-state index is 0.741. The van der Waals surface area contributed by atoms with Crippen LogP contribution in [0, 0.1) is 0 Å². The summed E-state index contributed by atoms with van der Waals surface area (Å²) >= 11 is 0. The molecule has 3 nitrogen and oxygen atoms in total. The molecular formula is C22H26O3. The molecule has 2 aromatic rings. The van der Waals surface area contributed by atoms with Crippen molar-refractivity contribution in [1.82, 2.24) is 0 Å². The topological polar surface area (TPSA) is 35.5 Å². The summed E-state index contributed by atoms with van der Waals surface area (Å²) in [6, 6.07) is 12.1. The van der Waals surface area contributed by atoms with Crippen molar-refractivity contribution in [1.29, 1.82) is 0 Å². The minimum Gasteiger partial charge on any atom is -0.497 e. The van der Waals surface area contributed by atoms with Gasteiger partial charge in [-0.2, -0.15) is 0 Å². The lowest BCUT2D eigenvalue weighted by Gasteiger charge is -2.12. The number of hydrogen-bond acceptors (Lipinski definition) is 3. The lowest BCUT2D eigenvalue weighted by molar-refractivity contribution is 0.112. The van der Waals surface area contributed by atoms with Gasteiger partial charge in [0.25, 0.3) is 0 Å². The molecule has 132 valence electrons. The zero-order valence-corrected chi connectivity index (χ0v) is 14.9. The van der Waals surface area contributed by atoms with Crippen LogP contribution in [0.1, 0.15) is 52.7 Å². The van der Waals surface area contributed by atoms with Crippen LogP contribution in [0.5, 0.6) is 11.5 Å². The lowest BCUT2D eigenvalue weighted by Crippen LogP contribution is -2.02. The van der Waals surface area contributed by atoms with E-state index >= 15 is 0 Å². The Hall–Kier alpha value is -2.29. The molecule has 0 bridgehead atoms. The number of benzene rings is 2. The van der Waals surface area contributed by atoms with Gasteiger partial charge in [-0.15, -0.1) is 0 Å². The zero-order valence-electron chi connectivity index (χ0n) is 14.9. The Balaban J connectivity index is 1.42. The molecule has 0 fully saturated rings. The summed E-state index contributed by atoms with van der Waals surface area (Å²) in [4.78, 5) is 11.1. The van der Waals surface area contributed by atoms with Crippen molar-refractivity contribution in [2.75, 3.05) is 13.7 Å². The molecule has 0 radical (unpaired) electrons. The van der Waals surface area contributed by atoms with E-state index in [0.29, 0.717) is 0 Å². The zero-order chi connectivity index (χ0) is 17.5. The van der Waals surface area contributed by atoms with E-state index in [1.54, 1.807) is 7.11 Å². The number of fused-ring (bicyclic) bond motifs is 1. The van der Waals surface area contributed by atoms with Crippen LogP contribution in [-0.2, 0) is 19.3 Å². The fourth-order valence-corrected chi connectivity index (χ4v) is 3.56. The molecule has 2 aromatic carbocycles. The monoisotopic (exact) mass is 338 g/mol. The molecule has 1 aliphatic rings. The van der Waals surface area contributed by atoms with E-state index in [4.69, 9.17) is 9.47 Å². The second-order valence-corrected chi connectivity index (χ2v) is 6.59. The third-order valence-corrected chi connectivity index (χ3v) is 4.91. The maximum atomic E-state index is 11.1. The molecule has 3 rings (SSSR count). The third-order valence-electron chi connectivity index (χ3n) is 4.91. The number of hydrogen-bond donors (Lipinski definition) is 0. The van der Waals surface area contributed by atoms with Crippen LogP contribution >= 0.6 is 0 Å². The van der Waals surface area contributed by atoms with Crippen LogP contribution in [-0.4, -0.2) is 20.0 Å². The second kappa shape index (κ2) is 8.70. The Labute approximate surface area is 150 Å². The number of aldehydes is 1. The highest BCUT2D eigenvalue weighted by molar-refractivity contribution is 5.79. The average molecular weight is 338 g/mol. The van der Waals surface area contributed by atoms with E-state index < -0.39 is 0 Å². The molecule has 0 heterocycles. The smallest absolute Gasteiger partial charge is 0.150 e. The minimum atomic E-state index is 0.741. The number of ether oxygens (including phenoxy) is 2. The molecule has 25 heavy (non-hydrogen) atoms. The van der Waals surface area contributed by atoms with Crippen molar-refractivity contribution < 1.29 is 14.3 Å². The van der Waals surface area contributed by atoms with Crippen molar-refractivity contribution in [2.24, 2.45) is 0 Å². The molecule has 0 unspecified atom stereocenters. The van der Waals surface area contributed by atoms with Crippen molar-refractivity contribution in [2.45, 2.75) is 44.9 Å². The average Bonchev–Trinajstić information content (AvgIpc) is 3.15. The van der Waals surface area contributed by atoms with Crippen LogP contribution in [0.25, 0.3) is 0 Å². The first-order chi connectivity index (χ1) is 12.3. The second-order valence-electron chi connectivity index (χ2n) is 6.59. The van der Waals surface area contributed by atoms with Gasteiger partial charge in [-0.25, -0.2) is 0 Å². The third kappa shape index (κ3) is 4.41. The summed E-state index contributed by atoms with van der Waals surface area (Å²) < 4.78 is 11.3. The number of methoxy groups -OCH3 is 1. The van der Waals surface area contributed by atoms with Crippen LogP contribution in [0.2, 0.25) is 0 Å². The number of carbonyl (C=O) groups is 1. The Morgan fingerprint density at radius 1 is 1.04 bits per heavy atom. The molecule has 0 aromatic heterocycles. The van der Waals surface area contributed by atoms with E-state index in [-0.39, 0.29) is 0 Å². The molecule has 0 aliphatic heterocycles. The molecular weight excluding hydrogens is 312 g/mol. The van der Waals surface area contributed by atoms with Crippen molar-refractivity contribution in [3.05, 3.63) is 58.7 Å². The van der Waals surface area contributed by atoms with E-state index in [1.807, 2.05) is 24.3 Å². The molecule has 0 spiro atoms. The Morgan fingerprint density at radius 3 is 2.76 bits per heavy atom. The van der Waals surface area contributed by atoms with Crippen LogP contribution in [0.15, 0.2) is 36.4 Å². The molecule has 0 saturated heterocycles. The van der Waals surface area contributed by atoms with Crippen LogP contribution in [0.3, 0.4) is 0 Å². The first kappa shape index (κ1) is 17.5. The number of carbonyl (C=O) groups excluding carboxylic acids is 1. The van der Waals surface area contributed by atoms with Crippen molar-refractivity contribution >= 4 is 6.29 Å². The fourth-order valence-electron chi connectivity index (χ4n) is 3.56. The number of aryl methyl sites for hydroxylation is 1. The highest BCUT2D eigenvalue weighted by Gasteiger charge is 2.19. The summed E-state index contributed by atoms with van der Waals surface area (Å²) in [5.41, 5.74) is 4.60. The van der Waals surface area contributed by atoms with Gasteiger partial charge in [-0.1, -0.05) is 12.1 Å². The Bertz CT molecular complexity index is 721. The van der Waals surface area contributed by atoms with E-state index in [9.17, 15) is 4.79 Å². The summed E-state index contributed by atoms with van der Waals surface area (Å²) in [5.74, 6) is 1.90. The van der Waals surface area contributed by atoms with Crippen LogP contribution < -0.4 is 9.47 Å². The molecule has 0 atom stereocenters. The summed E-state index contributed by atoms with van der Waals surface area (Å²) in [5, 5.41) is 0. The van der Waals surface area contributed by atoms with Gasteiger partial charge in [0.15, 0.2) is 0 Å². The van der Waals surface area contributed by atoms with E-state index in [1.165, 1.54) is 16.7 Å². The maximum absolute atomic E-state index is 11.1. The number of unbranched alkanes of at least 4 members (excludes halogenated alkanes) is 2. The van der Waals surface area contributed by atoms with Crippen molar-refractivity contribution in [3.63, 3.8) is 0 Å². The van der Waals surface area contributed by atoms with E-state index in [2.05, 4.69) is 12.1 Å². The van der Waals surface area contributed by atoms with Gasteiger partial charge in [-0.05, 0) is 85.9 Å². The predicted molar refractivity (Wildman–Crippen MR) is 99.9 cm³/mol. The fraction of sp³-hybridized carbons (Fsp3) is 0.409. The normalized spacial score (nSPS) is 12.7. The highest BCUT2D eigenvalue weighted by atomic mass is 16.5. The Morgan fingerprint density at radius 2 is 1.92 bits per heavy atom. The first-order valence-electron chi connectivity index (χ1n) is 9.17. The molecule has 0 saturated carbocycles. The quantitative estimate of drug-likeness (QED) is 0.487.